The number of aliphatic hydroxyl groups excluding tert-OH is 1. The number of amides is 1. The zero-order valence-electron chi connectivity index (χ0n) is 11.6. The predicted molar refractivity (Wildman–Crippen MR) is 76.3 cm³/mol. The van der Waals surface area contributed by atoms with E-state index < -0.39 is 6.10 Å². The third-order valence-electron chi connectivity index (χ3n) is 3.79. The predicted octanol–water partition coefficient (Wildman–Crippen LogP) is 0.906. The van der Waals surface area contributed by atoms with Crippen molar-refractivity contribution in [1.82, 2.24) is 9.88 Å². The molecular weight excluding hydrogens is 256 g/mol. The highest BCUT2D eigenvalue weighted by Gasteiger charge is 2.18. The van der Waals surface area contributed by atoms with Crippen molar-refractivity contribution in [2.75, 3.05) is 6.54 Å². The fraction of sp³-hybridized carbons (Fsp3) is 0.600. The first kappa shape index (κ1) is 14.8. The van der Waals surface area contributed by atoms with Crippen LogP contribution in [0.3, 0.4) is 0 Å². The van der Waals surface area contributed by atoms with Gasteiger partial charge in [-0.25, -0.2) is 0 Å². The highest BCUT2D eigenvalue weighted by atomic mass is 16.3. The molecule has 5 nitrogen and oxygen atoms in total. The maximum Gasteiger partial charge on any atom is 0.250 e. The van der Waals surface area contributed by atoms with Crippen LogP contribution in [0.1, 0.15) is 32.1 Å². The van der Waals surface area contributed by atoms with Gasteiger partial charge in [0.2, 0.25) is 5.91 Å². The van der Waals surface area contributed by atoms with Crippen molar-refractivity contribution in [1.29, 1.82) is 0 Å². The first-order valence-corrected chi connectivity index (χ1v) is 7.25. The lowest BCUT2D eigenvalue weighted by Crippen LogP contribution is -2.36. The van der Waals surface area contributed by atoms with Crippen LogP contribution in [0.5, 0.6) is 0 Å². The van der Waals surface area contributed by atoms with E-state index in [-0.39, 0.29) is 24.6 Å². The molecule has 0 aliphatic heterocycles. The van der Waals surface area contributed by atoms with Gasteiger partial charge in [-0.15, -0.1) is 0 Å². The molecule has 1 heterocycles. The second-order valence-corrected chi connectivity index (χ2v) is 5.50. The van der Waals surface area contributed by atoms with Crippen molar-refractivity contribution in [2.24, 2.45) is 5.92 Å². The van der Waals surface area contributed by atoms with Gasteiger partial charge in [-0.2, -0.15) is 0 Å². The summed E-state index contributed by atoms with van der Waals surface area (Å²) >= 11 is 0. The van der Waals surface area contributed by atoms with Crippen LogP contribution >= 0.6 is 0 Å². The van der Waals surface area contributed by atoms with Gasteiger partial charge in [-0.3, -0.25) is 9.59 Å². The Hall–Kier alpha value is -1.62. The number of carbonyl (C=O) groups is 1. The zero-order valence-corrected chi connectivity index (χ0v) is 11.6. The summed E-state index contributed by atoms with van der Waals surface area (Å²) in [7, 11) is 0. The summed E-state index contributed by atoms with van der Waals surface area (Å²) in [5.74, 6) is 0.500. The SMILES string of the molecule is O=C(CC1CCCC1)NCC(O)Cn1ccccc1=O. The molecule has 1 aromatic rings. The molecule has 1 atom stereocenters. The van der Waals surface area contributed by atoms with Crippen molar-refractivity contribution in [3.63, 3.8) is 0 Å². The van der Waals surface area contributed by atoms with Crippen molar-refractivity contribution < 1.29 is 9.90 Å². The summed E-state index contributed by atoms with van der Waals surface area (Å²) in [6, 6.07) is 4.85. The van der Waals surface area contributed by atoms with Crippen LogP contribution in [0, 0.1) is 5.92 Å². The molecular formula is C15H22N2O3. The molecule has 2 rings (SSSR count). The minimum atomic E-state index is -0.748. The van der Waals surface area contributed by atoms with Crippen molar-refractivity contribution in [3.8, 4) is 0 Å². The minimum Gasteiger partial charge on any atom is -0.389 e. The maximum atomic E-state index is 11.7. The maximum absolute atomic E-state index is 11.7. The number of hydrogen-bond acceptors (Lipinski definition) is 3. The van der Waals surface area contributed by atoms with Gasteiger partial charge < -0.3 is 15.0 Å². The molecule has 1 unspecified atom stereocenters. The second-order valence-electron chi connectivity index (χ2n) is 5.50. The summed E-state index contributed by atoms with van der Waals surface area (Å²) in [5.41, 5.74) is -0.149. The van der Waals surface area contributed by atoms with Crippen molar-refractivity contribution >= 4 is 5.91 Å². The molecule has 1 aromatic heterocycles. The Bertz CT molecular complexity index is 492. The lowest BCUT2D eigenvalue weighted by Gasteiger charge is -2.14. The van der Waals surface area contributed by atoms with Crippen LogP contribution < -0.4 is 10.9 Å². The molecule has 0 aromatic carbocycles. The molecule has 1 amide bonds. The van der Waals surface area contributed by atoms with Crippen LogP contribution in [0.4, 0.5) is 0 Å². The Kier molecular flexibility index (Phi) is 5.35. The first-order valence-electron chi connectivity index (χ1n) is 7.25. The monoisotopic (exact) mass is 278 g/mol. The van der Waals surface area contributed by atoms with E-state index in [1.165, 1.54) is 23.5 Å². The van der Waals surface area contributed by atoms with E-state index in [2.05, 4.69) is 5.32 Å². The van der Waals surface area contributed by atoms with Crippen LogP contribution in [0.15, 0.2) is 29.2 Å². The van der Waals surface area contributed by atoms with Crippen molar-refractivity contribution in [2.45, 2.75) is 44.8 Å². The van der Waals surface area contributed by atoms with Gasteiger partial charge >= 0.3 is 0 Å². The molecule has 1 saturated carbocycles. The number of carbonyl (C=O) groups excluding carboxylic acids is 1. The van der Waals surface area contributed by atoms with Crippen LogP contribution in [0.2, 0.25) is 0 Å². The summed E-state index contributed by atoms with van der Waals surface area (Å²) < 4.78 is 1.44. The molecule has 0 bridgehead atoms. The number of nitrogens with one attached hydrogen (secondary N) is 1. The van der Waals surface area contributed by atoms with E-state index in [0.29, 0.717) is 12.3 Å². The molecule has 0 radical (unpaired) electrons. The van der Waals surface area contributed by atoms with Gasteiger partial charge in [-0.1, -0.05) is 18.9 Å². The highest BCUT2D eigenvalue weighted by molar-refractivity contribution is 5.76. The first-order chi connectivity index (χ1) is 9.65. The van der Waals surface area contributed by atoms with E-state index in [9.17, 15) is 14.7 Å². The molecule has 1 fully saturated rings. The van der Waals surface area contributed by atoms with E-state index in [1.807, 2.05) is 0 Å². The van der Waals surface area contributed by atoms with Gasteiger partial charge in [0, 0.05) is 25.2 Å². The normalized spacial score (nSPS) is 17.1. The van der Waals surface area contributed by atoms with Crippen LogP contribution in [0.25, 0.3) is 0 Å². The van der Waals surface area contributed by atoms with E-state index >= 15 is 0 Å². The quantitative estimate of drug-likeness (QED) is 0.812. The topological polar surface area (TPSA) is 71.3 Å². The van der Waals surface area contributed by atoms with Gasteiger partial charge in [0.1, 0.15) is 0 Å². The van der Waals surface area contributed by atoms with Crippen LogP contribution in [-0.4, -0.2) is 28.2 Å². The lowest BCUT2D eigenvalue weighted by molar-refractivity contribution is -0.122. The summed E-state index contributed by atoms with van der Waals surface area (Å²) in [4.78, 5) is 23.2. The van der Waals surface area contributed by atoms with Gasteiger partial charge in [0.15, 0.2) is 0 Å². The Morgan fingerprint density at radius 3 is 2.85 bits per heavy atom. The molecule has 1 aliphatic carbocycles. The lowest BCUT2D eigenvalue weighted by atomic mass is 10.0. The Balaban J connectivity index is 1.72. The smallest absolute Gasteiger partial charge is 0.250 e. The number of hydrogen-bond donors (Lipinski definition) is 2. The van der Waals surface area contributed by atoms with Gasteiger partial charge in [0.25, 0.3) is 5.56 Å². The third kappa shape index (κ3) is 4.49. The highest BCUT2D eigenvalue weighted by Crippen LogP contribution is 2.27. The average Bonchev–Trinajstić information content (AvgIpc) is 2.92. The van der Waals surface area contributed by atoms with E-state index in [0.717, 1.165) is 12.8 Å². The second kappa shape index (κ2) is 7.24. The van der Waals surface area contributed by atoms with Crippen molar-refractivity contribution in [3.05, 3.63) is 34.7 Å². The van der Waals surface area contributed by atoms with E-state index in [1.54, 1.807) is 18.3 Å². The summed E-state index contributed by atoms with van der Waals surface area (Å²) in [6.07, 6.45) is 6.14. The third-order valence-corrected chi connectivity index (χ3v) is 3.79. The van der Waals surface area contributed by atoms with E-state index in [4.69, 9.17) is 0 Å². The number of rotatable bonds is 6. The number of aromatic nitrogens is 1. The number of pyridine rings is 1. The zero-order chi connectivity index (χ0) is 14.4. The van der Waals surface area contributed by atoms with Gasteiger partial charge in [0.05, 0.1) is 12.6 Å². The molecule has 5 heteroatoms. The molecule has 20 heavy (non-hydrogen) atoms. The van der Waals surface area contributed by atoms with Gasteiger partial charge in [-0.05, 0) is 24.8 Å². The number of nitrogens with zero attached hydrogens (tertiary/aromatic N) is 1. The molecule has 110 valence electrons. The standard InChI is InChI=1S/C15H22N2O3/c18-13(11-17-8-4-3-7-15(17)20)10-16-14(19)9-12-5-1-2-6-12/h3-4,7-8,12-13,18H,1-2,5-6,9-11H2,(H,16,19). The Morgan fingerprint density at radius 1 is 1.40 bits per heavy atom. The Morgan fingerprint density at radius 2 is 2.15 bits per heavy atom. The fourth-order valence-electron chi connectivity index (χ4n) is 2.68. The molecule has 0 saturated heterocycles. The summed E-state index contributed by atoms with van der Waals surface area (Å²) in [5, 5.41) is 12.6. The molecule has 0 spiro atoms. The molecule has 1 aliphatic rings. The summed E-state index contributed by atoms with van der Waals surface area (Å²) in [6.45, 7) is 0.385. The fourth-order valence-corrected chi connectivity index (χ4v) is 2.68. The largest absolute Gasteiger partial charge is 0.389 e. The number of aliphatic hydroxyl groups is 1. The Labute approximate surface area is 118 Å². The molecule has 2 N–H and O–H groups in total. The minimum absolute atomic E-state index is 0.00337. The van der Waals surface area contributed by atoms with Crippen LogP contribution in [-0.2, 0) is 11.3 Å². The average molecular weight is 278 g/mol.